The molecule has 0 spiro atoms. The Bertz CT molecular complexity index is 656. The Kier molecular flexibility index (Phi) is 4.27. The lowest BCUT2D eigenvalue weighted by atomic mass is 10.0. The first-order valence-electron chi connectivity index (χ1n) is 5.94. The van der Waals surface area contributed by atoms with E-state index >= 15 is 0 Å². The van der Waals surface area contributed by atoms with Crippen molar-refractivity contribution in [1.82, 2.24) is 4.98 Å². The van der Waals surface area contributed by atoms with Crippen molar-refractivity contribution in [1.29, 1.82) is 0 Å². The number of nitrogens with one attached hydrogen (secondary N) is 1. The second-order valence-corrected chi connectivity index (χ2v) is 4.09. The molecule has 0 amide bonds. The highest BCUT2D eigenvalue weighted by Gasteiger charge is 2.15. The molecule has 2 radical (unpaired) electrons. The van der Waals surface area contributed by atoms with Crippen LogP contribution in [0.25, 0.3) is 0 Å². The van der Waals surface area contributed by atoms with Crippen molar-refractivity contribution in [2.75, 3.05) is 19.5 Å². The largest absolute Gasteiger partial charge is 0.497 e. The van der Waals surface area contributed by atoms with Gasteiger partial charge in [0.2, 0.25) is 5.82 Å². The van der Waals surface area contributed by atoms with Gasteiger partial charge in [0.15, 0.2) is 0 Å². The molecule has 2 aromatic rings. The van der Waals surface area contributed by atoms with E-state index in [0.717, 1.165) is 0 Å². The molecule has 0 bridgehead atoms. The van der Waals surface area contributed by atoms with Crippen molar-refractivity contribution in [3.63, 3.8) is 0 Å². The van der Waals surface area contributed by atoms with Crippen molar-refractivity contribution in [3.05, 3.63) is 40.4 Å². The van der Waals surface area contributed by atoms with Gasteiger partial charge >= 0.3 is 5.69 Å². The smallest absolute Gasteiger partial charge is 0.311 e. The van der Waals surface area contributed by atoms with Gasteiger partial charge in [-0.3, -0.25) is 10.1 Å². The summed E-state index contributed by atoms with van der Waals surface area (Å²) >= 11 is 0. The lowest BCUT2D eigenvalue weighted by Crippen LogP contribution is -2.11. The van der Waals surface area contributed by atoms with Crippen molar-refractivity contribution >= 4 is 30.6 Å². The van der Waals surface area contributed by atoms with Crippen molar-refractivity contribution in [3.8, 4) is 11.5 Å². The number of hydrogen-bond donors (Lipinski definition) is 1. The number of aromatic nitrogens is 1. The zero-order chi connectivity index (χ0) is 15.4. The fourth-order valence-electron chi connectivity index (χ4n) is 1.72. The number of benzene rings is 1. The number of nitro groups is 1. The Morgan fingerprint density at radius 3 is 2.33 bits per heavy atom. The Morgan fingerprint density at radius 2 is 1.81 bits per heavy atom. The first-order chi connectivity index (χ1) is 10.0. The van der Waals surface area contributed by atoms with Crippen LogP contribution in [0.1, 0.15) is 0 Å². The third-order valence-electron chi connectivity index (χ3n) is 2.71. The molecule has 1 N–H and O–H groups in total. The lowest BCUT2D eigenvalue weighted by molar-refractivity contribution is -0.384. The minimum Gasteiger partial charge on any atom is -0.497 e. The van der Waals surface area contributed by atoms with Crippen molar-refractivity contribution < 1.29 is 14.4 Å². The normalized spacial score (nSPS) is 10.0. The van der Waals surface area contributed by atoms with Gasteiger partial charge < -0.3 is 14.8 Å². The van der Waals surface area contributed by atoms with Gasteiger partial charge in [-0.25, -0.2) is 4.98 Å². The maximum Gasteiger partial charge on any atom is 0.311 e. The predicted molar refractivity (Wildman–Crippen MR) is 79.1 cm³/mol. The van der Waals surface area contributed by atoms with Crippen LogP contribution >= 0.6 is 0 Å². The maximum absolute atomic E-state index is 11.0. The van der Waals surface area contributed by atoms with Gasteiger partial charge in [0.05, 0.1) is 19.1 Å². The minimum atomic E-state index is -0.536. The first kappa shape index (κ1) is 14.6. The van der Waals surface area contributed by atoms with Crippen LogP contribution in [0, 0.1) is 10.1 Å². The topological polar surface area (TPSA) is 86.5 Å². The molecule has 1 aromatic heterocycles. The highest BCUT2D eigenvalue weighted by atomic mass is 16.6. The molecule has 0 fully saturated rings. The summed E-state index contributed by atoms with van der Waals surface area (Å²) in [6.45, 7) is 0. The average Bonchev–Trinajstić information content (AvgIpc) is 2.46. The van der Waals surface area contributed by atoms with E-state index in [9.17, 15) is 10.1 Å². The molecule has 7 nitrogen and oxygen atoms in total. The quantitative estimate of drug-likeness (QED) is 0.509. The van der Waals surface area contributed by atoms with Gasteiger partial charge in [0.1, 0.15) is 19.3 Å². The highest BCUT2D eigenvalue weighted by molar-refractivity contribution is 6.30. The van der Waals surface area contributed by atoms with Gasteiger partial charge in [0, 0.05) is 30.0 Å². The van der Waals surface area contributed by atoms with Crippen LogP contribution in [0.2, 0.25) is 0 Å². The van der Waals surface area contributed by atoms with Crippen molar-refractivity contribution in [2.45, 2.75) is 0 Å². The molecule has 0 saturated heterocycles. The second-order valence-electron chi connectivity index (χ2n) is 4.09. The van der Waals surface area contributed by atoms with E-state index in [2.05, 4.69) is 10.3 Å². The number of methoxy groups -OCH3 is 2. The van der Waals surface area contributed by atoms with Gasteiger partial charge in [-0.1, -0.05) is 0 Å². The van der Waals surface area contributed by atoms with Crippen LogP contribution in [0.5, 0.6) is 11.5 Å². The SMILES string of the molecule is [B]c1ccc([N+](=O)[O-])c(Nc2cc(OC)cc(OC)c2)n1. The van der Waals surface area contributed by atoms with Crippen LogP contribution in [-0.4, -0.2) is 32.0 Å². The standard InChI is InChI=1S/C13H12BN3O4/c1-20-9-5-8(6-10(7-9)21-2)15-13-11(17(18)19)3-4-12(14)16-13/h3-7H,1-2H3,(H,15,16). The van der Waals surface area contributed by atoms with Gasteiger partial charge in [-0.05, 0) is 11.7 Å². The second kappa shape index (κ2) is 6.12. The molecular weight excluding hydrogens is 273 g/mol. The Hall–Kier alpha value is -2.77. The van der Waals surface area contributed by atoms with E-state index < -0.39 is 4.92 Å². The van der Waals surface area contributed by atoms with E-state index in [0.29, 0.717) is 17.2 Å². The molecule has 1 heterocycles. The molecule has 0 aliphatic carbocycles. The third kappa shape index (κ3) is 3.41. The molecule has 0 atom stereocenters. The summed E-state index contributed by atoms with van der Waals surface area (Å²) in [6.07, 6.45) is 0. The van der Waals surface area contributed by atoms with Crippen LogP contribution in [0.15, 0.2) is 30.3 Å². The van der Waals surface area contributed by atoms with Gasteiger partial charge in [0.25, 0.3) is 0 Å². The van der Waals surface area contributed by atoms with Gasteiger partial charge in [-0.2, -0.15) is 0 Å². The number of anilines is 2. The zero-order valence-electron chi connectivity index (χ0n) is 11.5. The average molecular weight is 285 g/mol. The summed E-state index contributed by atoms with van der Waals surface area (Å²) < 4.78 is 10.3. The fourth-order valence-corrected chi connectivity index (χ4v) is 1.72. The summed E-state index contributed by atoms with van der Waals surface area (Å²) in [6, 6.07) is 7.68. The summed E-state index contributed by atoms with van der Waals surface area (Å²) in [5.41, 5.74) is 0.538. The van der Waals surface area contributed by atoms with Crippen LogP contribution in [0.4, 0.5) is 17.2 Å². The van der Waals surface area contributed by atoms with E-state index in [1.165, 1.54) is 26.4 Å². The molecule has 0 aliphatic rings. The van der Waals surface area contributed by atoms with Crippen molar-refractivity contribution in [2.24, 2.45) is 0 Å². The van der Waals surface area contributed by atoms with E-state index in [1.54, 1.807) is 18.2 Å². The van der Waals surface area contributed by atoms with Gasteiger partial charge in [-0.15, -0.1) is 0 Å². The number of ether oxygens (including phenoxy) is 2. The number of rotatable bonds is 5. The summed E-state index contributed by atoms with van der Waals surface area (Å²) in [4.78, 5) is 14.4. The zero-order valence-corrected chi connectivity index (χ0v) is 11.5. The monoisotopic (exact) mass is 285 g/mol. The molecule has 106 valence electrons. The van der Waals surface area contributed by atoms with E-state index in [1.807, 2.05) is 0 Å². The molecule has 21 heavy (non-hydrogen) atoms. The van der Waals surface area contributed by atoms with Crippen LogP contribution < -0.4 is 20.4 Å². The molecule has 8 heteroatoms. The third-order valence-corrected chi connectivity index (χ3v) is 2.71. The number of hydrogen-bond acceptors (Lipinski definition) is 6. The van der Waals surface area contributed by atoms with Crippen LogP contribution in [0.3, 0.4) is 0 Å². The highest BCUT2D eigenvalue weighted by Crippen LogP contribution is 2.30. The van der Waals surface area contributed by atoms with Crippen LogP contribution in [-0.2, 0) is 0 Å². The minimum absolute atomic E-state index is 0.0512. The van der Waals surface area contributed by atoms with E-state index in [-0.39, 0.29) is 17.1 Å². The fraction of sp³-hybridized carbons (Fsp3) is 0.154. The molecule has 2 rings (SSSR count). The molecule has 0 unspecified atom stereocenters. The molecule has 0 saturated carbocycles. The summed E-state index contributed by atoms with van der Waals surface area (Å²) in [5, 5.41) is 13.9. The Morgan fingerprint density at radius 1 is 1.19 bits per heavy atom. The number of pyridine rings is 1. The Labute approximate surface area is 122 Å². The first-order valence-corrected chi connectivity index (χ1v) is 5.94. The summed E-state index contributed by atoms with van der Waals surface area (Å²) in [7, 11) is 8.60. The summed E-state index contributed by atoms with van der Waals surface area (Å²) in [5.74, 6) is 1.14. The van der Waals surface area contributed by atoms with E-state index in [4.69, 9.17) is 17.3 Å². The number of nitrogens with zero attached hydrogens (tertiary/aromatic N) is 2. The predicted octanol–water partition coefficient (Wildman–Crippen LogP) is 1.54. The Balaban J connectivity index is 2.42. The maximum atomic E-state index is 11.0. The molecular formula is C13H12BN3O4. The molecule has 0 aliphatic heterocycles. The lowest BCUT2D eigenvalue weighted by Gasteiger charge is -2.10. The molecule has 1 aromatic carbocycles.